The van der Waals surface area contributed by atoms with E-state index in [4.69, 9.17) is 0 Å². The molecule has 0 saturated heterocycles. The molecule has 0 bridgehead atoms. The van der Waals surface area contributed by atoms with Gasteiger partial charge in [0.15, 0.2) is 0 Å². The maximum Gasteiger partial charge on any atom is 0.258 e. The molecule has 0 fully saturated rings. The molecule has 0 atom stereocenters. The summed E-state index contributed by atoms with van der Waals surface area (Å²) >= 11 is 0. The highest BCUT2D eigenvalue weighted by Gasteiger charge is 2.13. The lowest BCUT2D eigenvalue weighted by molar-refractivity contribution is 0.102. The third kappa shape index (κ3) is 2.74. The first-order valence-corrected chi connectivity index (χ1v) is 6.99. The molecule has 3 aromatic rings. The number of rotatable bonds is 3. The number of hydrogen-bond acceptors (Lipinski definition) is 3. The van der Waals surface area contributed by atoms with Crippen LogP contribution in [0.2, 0.25) is 0 Å². The first kappa shape index (κ1) is 14.0. The lowest BCUT2D eigenvalue weighted by Crippen LogP contribution is -2.17. The van der Waals surface area contributed by atoms with Crippen molar-refractivity contribution in [1.29, 1.82) is 0 Å². The highest BCUT2D eigenvalue weighted by atomic mass is 16.1. The molecule has 0 radical (unpaired) electrons. The highest BCUT2D eigenvalue weighted by molar-refractivity contribution is 6.04. The Morgan fingerprint density at radius 1 is 1.09 bits per heavy atom. The summed E-state index contributed by atoms with van der Waals surface area (Å²) in [6.45, 7) is 3.92. The van der Waals surface area contributed by atoms with Crippen molar-refractivity contribution < 1.29 is 4.79 Å². The maximum atomic E-state index is 12.4. The van der Waals surface area contributed by atoms with Gasteiger partial charge in [0, 0.05) is 5.56 Å². The molecular weight excluding hydrogens is 276 g/mol. The number of carbonyl (C=O) groups excluding carboxylic acids is 1. The summed E-state index contributed by atoms with van der Waals surface area (Å²) in [7, 11) is 0. The molecule has 0 unspecified atom stereocenters. The fourth-order valence-corrected chi connectivity index (χ4v) is 2.32. The van der Waals surface area contributed by atoms with Crippen molar-refractivity contribution in [3.63, 3.8) is 0 Å². The number of nitrogens with one attached hydrogen (secondary N) is 1. The van der Waals surface area contributed by atoms with E-state index in [0.717, 1.165) is 16.8 Å². The van der Waals surface area contributed by atoms with Crippen LogP contribution >= 0.6 is 0 Å². The van der Waals surface area contributed by atoms with E-state index >= 15 is 0 Å². The quantitative estimate of drug-likeness (QED) is 0.806. The van der Waals surface area contributed by atoms with Gasteiger partial charge in [0.1, 0.15) is 6.33 Å². The van der Waals surface area contributed by atoms with Gasteiger partial charge in [0.25, 0.3) is 5.91 Å². The normalized spacial score (nSPS) is 10.5. The summed E-state index contributed by atoms with van der Waals surface area (Å²) in [6.07, 6.45) is 1.42. The molecule has 0 aliphatic heterocycles. The highest BCUT2D eigenvalue weighted by Crippen LogP contribution is 2.15. The zero-order chi connectivity index (χ0) is 15.5. The Bertz CT molecular complexity index is 809. The average Bonchev–Trinajstić information content (AvgIpc) is 2.96. The zero-order valence-corrected chi connectivity index (χ0v) is 12.4. The molecule has 1 N–H and O–H groups in total. The minimum absolute atomic E-state index is 0.192. The van der Waals surface area contributed by atoms with Crippen LogP contribution in [0.1, 0.15) is 21.5 Å². The third-order valence-corrected chi connectivity index (χ3v) is 3.40. The molecule has 2 aromatic carbocycles. The lowest BCUT2D eigenvalue weighted by Gasteiger charge is -2.09. The van der Waals surface area contributed by atoms with E-state index in [1.165, 1.54) is 6.33 Å². The maximum absolute atomic E-state index is 12.4. The smallest absolute Gasteiger partial charge is 0.258 e. The fraction of sp³-hybridized carbons (Fsp3) is 0.118. The van der Waals surface area contributed by atoms with Crippen LogP contribution in [-0.4, -0.2) is 20.7 Å². The average molecular weight is 292 g/mol. The Hall–Kier alpha value is -2.95. The molecule has 1 heterocycles. The van der Waals surface area contributed by atoms with Gasteiger partial charge < -0.3 is 0 Å². The molecule has 0 aliphatic carbocycles. The fourth-order valence-electron chi connectivity index (χ4n) is 2.32. The number of para-hydroxylation sites is 1. The first-order chi connectivity index (χ1) is 10.6. The Labute approximate surface area is 128 Å². The molecule has 5 heteroatoms. The number of aryl methyl sites for hydroxylation is 2. The predicted molar refractivity (Wildman–Crippen MR) is 85.2 cm³/mol. The molecule has 3 rings (SSSR count). The Kier molecular flexibility index (Phi) is 3.70. The van der Waals surface area contributed by atoms with Crippen LogP contribution in [0.5, 0.6) is 0 Å². The standard InChI is InChI=1S/C17H16N4O/c1-12-8-9-15(13(2)10-12)16(22)20-17-18-11-19-21(17)14-6-4-3-5-7-14/h3-11H,1-2H3,(H,18,19,20,22). The van der Waals surface area contributed by atoms with Crippen LogP contribution < -0.4 is 5.32 Å². The van der Waals surface area contributed by atoms with Crippen LogP contribution in [0.25, 0.3) is 5.69 Å². The van der Waals surface area contributed by atoms with Crippen LogP contribution in [0, 0.1) is 13.8 Å². The number of anilines is 1. The van der Waals surface area contributed by atoms with Gasteiger partial charge in [-0.25, -0.2) is 0 Å². The summed E-state index contributed by atoms with van der Waals surface area (Å²) in [5, 5.41) is 6.98. The summed E-state index contributed by atoms with van der Waals surface area (Å²) in [5.74, 6) is 0.207. The number of nitrogens with zero attached hydrogens (tertiary/aromatic N) is 3. The second-order valence-corrected chi connectivity index (χ2v) is 5.10. The van der Waals surface area contributed by atoms with Gasteiger partial charge in [0.05, 0.1) is 5.69 Å². The number of carbonyl (C=O) groups is 1. The predicted octanol–water partition coefficient (Wildman–Crippen LogP) is 3.14. The van der Waals surface area contributed by atoms with E-state index in [9.17, 15) is 4.79 Å². The van der Waals surface area contributed by atoms with Crippen molar-refractivity contribution in [2.45, 2.75) is 13.8 Å². The Morgan fingerprint density at radius 3 is 2.59 bits per heavy atom. The molecule has 0 saturated carbocycles. The van der Waals surface area contributed by atoms with E-state index in [1.54, 1.807) is 4.68 Å². The van der Waals surface area contributed by atoms with Crippen LogP contribution in [0.3, 0.4) is 0 Å². The van der Waals surface area contributed by atoms with E-state index < -0.39 is 0 Å². The molecular formula is C17H16N4O. The number of benzene rings is 2. The summed E-state index contributed by atoms with van der Waals surface area (Å²) < 4.78 is 1.60. The van der Waals surface area contributed by atoms with Crippen LogP contribution in [0.15, 0.2) is 54.9 Å². The minimum Gasteiger partial charge on any atom is -0.290 e. The van der Waals surface area contributed by atoms with Crippen LogP contribution in [0.4, 0.5) is 5.95 Å². The second kappa shape index (κ2) is 5.81. The van der Waals surface area contributed by atoms with Crippen molar-refractivity contribution in [1.82, 2.24) is 14.8 Å². The van der Waals surface area contributed by atoms with Gasteiger partial charge in [0.2, 0.25) is 5.95 Å². The Balaban J connectivity index is 1.88. The third-order valence-electron chi connectivity index (χ3n) is 3.40. The van der Waals surface area contributed by atoms with Gasteiger partial charge >= 0.3 is 0 Å². The molecule has 1 amide bonds. The number of aromatic nitrogens is 3. The number of hydrogen-bond donors (Lipinski definition) is 1. The van der Waals surface area contributed by atoms with Crippen molar-refractivity contribution in [3.05, 3.63) is 71.5 Å². The summed E-state index contributed by atoms with van der Waals surface area (Å²) in [6, 6.07) is 15.3. The minimum atomic E-state index is -0.192. The van der Waals surface area contributed by atoms with Crippen molar-refractivity contribution in [2.75, 3.05) is 5.32 Å². The monoisotopic (exact) mass is 292 g/mol. The van der Waals surface area contributed by atoms with Gasteiger partial charge in [-0.2, -0.15) is 14.8 Å². The molecule has 1 aromatic heterocycles. The molecule has 5 nitrogen and oxygen atoms in total. The summed E-state index contributed by atoms with van der Waals surface area (Å²) in [4.78, 5) is 16.6. The topological polar surface area (TPSA) is 59.8 Å². The van der Waals surface area contributed by atoms with Crippen molar-refractivity contribution >= 4 is 11.9 Å². The Morgan fingerprint density at radius 2 is 1.86 bits per heavy atom. The van der Waals surface area contributed by atoms with E-state index in [1.807, 2.05) is 62.4 Å². The van der Waals surface area contributed by atoms with Gasteiger partial charge in [-0.05, 0) is 37.6 Å². The van der Waals surface area contributed by atoms with Crippen LogP contribution in [-0.2, 0) is 0 Å². The zero-order valence-electron chi connectivity index (χ0n) is 12.4. The van der Waals surface area contributed by atoms with Gasteiger partial charge in [-0.1, -0.05) is 35.9 Å². The largest absolute Gasteiger partial charge is 0.290 e. The molecule has 0 aliphatic rings. The summed E-state index contributed by atoms with van der Waals surface area (Å²) in [5.41, 5.74) is 3.54. The lowest BCUT2D eigenvalue weighted by atomic mass is 10.1. The SMILES string of the molecule is Cc1ccc(C(=O)Nc2ncnn2-c2ccccc2)c(C)c1. The van der Waals surface area contributed by atoms with E-state index in [2.05, 4.69) is 15.4 Å². The van der Waals surface area contributed by atoms with Gasteiger partial charge in [-0.3, -0.25) is 10.1 Å². The first-order valence-electron chi connectivity index (χ1n) is 6.99. The molecule has 110 valence electrons. The number of amides is 1. The van der Waals surface area contributed by atoms with E-state index in [-0.39, 0.29) is 5.91 Å². The second-order valence-electron chi connectivity index (χ2n) is 5.10. The van der Waals surface area contributed by atoms with Gasteiger partial charge in [-0.15, -0.1) is 0 Å². The molecule has 22 heavy (non-hydrogen) atoms. The van der Waals surface area contributed by atoms with E-state index in [0.29, 0.717) is 11.5 Å². The van der Waals surface area contributed by atoms with Crippen molar-refractivity contribution in [2.24, 2.45) is 0 Å². The van der Waals surface area contributed by atoms with Crippen molar-refractivity contribution in [3.8, 4) is 5.69 Å². The molecule has 0 spiro atoms.